The van der Waals surface area contributed by atoms with Crippen molar-refractivity contribution in [1.82, 2.24) is 4.98 Å². The molecule has 0 radical (unpaired) electrons. The zero-order valence-electron chi connectivity index (χ0n) is 13.0. The number of rotatable bonds is 3. The van der Waals surface area contributed by atoms with Gasteiger partial charge < -0.3 is 5.11 Å². The lowest BCUT2D eigenvalue weighted by molar-refractivity contribution is -0.139. The zero-order valence-corrected chi connectivity index (χ0v) is 13.0. The van der Waals surface area contributed by atoms with Crippen LogP contribution in [-0.2, 0) is 11.2 Å². The predicted octanol–water partition coefficient (Wildman–Crippen LogP) is 4.38. The first-order valence-electron chi connectivity index (χ1n) is 7.89. The molecule has 114 valence electrons. The standard InChI is InChI=1S/C19H21NO2/c1-12(2)13-6-8-14(9-7-13)17-11-10-15-16(19(21)22)4-3-5-18(15)20-17/h6-12,16H,3-5H2,1-2H3,(H,21,22). The molecule has 1 N–H and O–H groups in total. The molecule has 3 nitrogen and oxygen atoms in total. The molecule has 1 aromatic heterocycles. The quantitative estimate of drug-likeness (QED) is 0.914. The number of aromatic nitrogens is 1. The monoisotopic (exact) mass is 295 g/mol. The number of aliphatic carboxylic acids is 1. The highest BCUT2D eigenvalue weighted by Gasteiger charge is 2.27. The Kier molecular flexibility index (Phi) is 3.97. The van der Waals surface area contributed by atoms with Crippen LogP contribution in [0, 0.1) is 0 Å². The number of aryl methyl sites for hydroxylation is 1. The number of carboxylic acids is 1. The number of pyridine rings is 1. The molecule has 0 saturated heterocycles. The van der Waals surface area contributed by atoms with Crippen molar-refractivity contribution in [1.29, 1.82) is 0 Å². The van der Waals surface area contributed by atoms with E-state index in [1.807, 2.05) is 12.1 Å². The summed E-state index contributed by atoms with van der Waals surface area (Å²) in [6.45, 7) is 4.36. The van der Waals surface area contributed by atoms with Gasteiger partial charge in [0.05, 0.1) is 11.6 Å². The van der Waals surface area contributed by atoms with E-state index in [1.54, 1.807) is 0 Å². The summed E-state index contributed by atoms with van der Waals surface area (Å²) in [7, 11) is 0. The van der Waals surface area contributed by atoms with Crippen molar-refractivity contribution in [3.63, 3.8) is 0 Å². The SMILES string of the molecule is CC(C)c1ccc(-c2ccc3c(n2)CCCC3C(=O)O)cc1. The summed E-state index contributed by atoms with van der Waals surface area (Å²) >= 11 is 0. The molecule has 3 rings (SSSR count). The van der Waals surface area contributed by atoms with Crippen molar-refractivity contribution in [2.75, 3.05) is 0 Å². The summed E-state index contributed by atoms with van der Waals surface area (Å²) in [6, 6.07) is 12.4. The van der Waals surface area contributed by atoms with E-state index in [1.165, 1.54) is 5.56 Å². The maximum Gasteiger partial charge on any atom is 0.311 e. The van der Waals surface area contributed by atoms with Crippen LogP contribution >= 0.6 is 0 Å². The topological polar surface area (TPSA) is 50.2 Å². The molecule has 1 aromatic carbocycles. The van der Waals surface area contributed by atoms with Gasteiger partial charge in [-0.25, -0.2) is 0 Å². The van der Waals surface area contributed by atoms with Crippen LogP contribution in [0.4, 0.5) is 0 Å². The fraction of sp³-hybridized carbons (Fsp3) is 0.368. The van der Waals surface area contributed by atoms with E-state index >= 15 is 0 Å². The molecule has 0 amide bonds. The van der Waals surface area contributed by atoms with Gasteiger partial charge in [-0.3, -0.25) is 9.78 Å². The lowest BCUT2D eigenvalue weighted by Gasteiger charge is -2.22. The lowest BCUT2D eigenvalue weighted by atomic mass is 9.85. The van der Waals surface area contributed by atoms with E-state index in [4.69, 9.17) is 4.98 Å². The largest absolute Gasteiger partial charge is 0.481 e. The molecule has 2 aromatic rings. The first kappa shape index (κ1) is 14.8. The second-order valence-electron chi connectivity index (χ2n) is 6.29. The highest BCUT2D eigenvalue weighted by molar-refractivity contribution is 5.77. The zero-order chi connectivity index (χ0) is 15.7. The average Bonchev–Trinajstić information content (AvgIpc) is 2.53. The molecule has 1 unspecified atom stereocenters. The summed E-state index contributed by atoms with van der Waals surface area (Å²) in [5.41, 5.74) is 5.17. The van der Waals surface area contributed by atoms with Gasteiger partial charge in [0.2, 0.25) is 0 Å². The minimum atomic E-state index is -0.739. The van der Waals surface area contributed by atoms with Crippen molar-refractivity contribution < 1.29 is 9.90 Å². The Bertz CT molecular complexity index is 689. The molecule has 1 aliphatic rings. The molecule has 0 spiro atoms. The van der Waals surface area contributed by atoms with Crippen LogP contribution in [0.25, 0.3) is 11.3 Å². The van der Waals surface area contributed by atoms with E-state index in [0.717, 1.165) is 35.4 Å². The summed E-state index contributed by atoms with van der Waals surface area (Å²) < 4.78 is 0. The van der Waals surface area contributed by atoms with Crippen LogP contribution in [-0.4, -0.2) is 16.1 Å². The number of carboxylic acid groups (broad SMARTS) is 1. The van der Waals surface area contributed by atoms with Gasteiger partial charge in [0.15, 0.2) is 0 Å². The maximum absolute atomic E-state index is 11.3. The smallest absolute Gasteiger partial charge is 0.311 e. The Morgan fingerprint density at radius 2 is 1.91 bits per heavy atom. The Morgan fingerprint density at radius 3 is 2.55 bits per heavy atom. The molecule has 1 heterocycles. The van der Waals surface area contributed by atoms with Crippen LogP contribution in [0.5, 0.6) is 0 Å². The number of benzene rings is 1. The molecule has 0 saturated carbocycles. The summed E-state index contributed by atoms with van der Waals surface area (Å²) in [5, 5.41) is 9.33. The van der Waals surface area contributed by atoms with Crippen molar-refractivity contribution in [3.8, 4) is 11.3 Å². The normalized spacial score (nSPS) is 17.3. The third-order valence-corrected chi connectivity index (χ3v) is 4.46. The van der Waals surface area contributed by atoms with Crippen molar-refractivity contribution in [2.24, 2.45) is 0 Å². The van der Waals surface area contributed by atoms with Gasteiger partial charge in [-0.2, -0.15) is 0 Å². The van der Waals surface area contributed by atoms with E-state index < -0.39 is 11.9 Å². The van der Waals surface area contributed by atoms with Gasteiger partial charge >= 0.3 is 5.97 Å². The van der Waals surface area contributed by atoms with E-state index in [9.17, 15) is 9.90 Å². The number of fused-ring (bicyclic) bond motifs is 1. The predicted molar refractivity (Wildman–Crippen MR) is 87.1 cm³/mol. The van der Waals surface area contributed by atoms with Crippen LogP contribution in [0.1, 0.15) is 55.3 Å². The summed E-state index contributed by atoms with van der Waals surface area (Å²) in [6.07, 6.45) is 2.48. The number of nitrogens with zero attached hydrogens (tertiary/aromatic N) is 1. The van der Waals surface area contributed by atoms with Gasteiger partial charge in [0.1, 0.15) is 0 Å². The number of hydrogen-bond acceptors (Lipinski definition) is 2. The molecule has 0 fully saturated rings. The molecule has 22 heavy (non-hydrogen) atoms. The van der Waals surface area contributed by atoms with E-state index in [0.29, 0.717) is 12.3 Å². The Balaban J connectivity index is 1.95. The van der Waals surface area contributed by atoms with Gasteiger partial charge in [-0.05, 0) is 42.4 Å². The summed E-state index contributed by atoms with van der Waals surface area (Å²) in [4.78, 5) is 16.1. The second-order valence-corrected chi connectivity index (χ2v) is 6.29. The van der Waals surface area contributed by atoms with Crippen LogP contribution in [0.2, 0.25) is 0 Å². The molecule has 0 bridgehead atoms. The first-order valence-corrected chi connectivity index (χ1v) is 7.89. The minimum Gasteiger partial charge on any atom is -0.481 e. The number of carbonyl (C=O) groups is 1. The minimum absolute atomic E-state index is 0.395. The maximum atomic E-state index is 11.3. The Hall–Kier alpha value is -2.16. The van der Waals surface area contributed by atoms with Crippen LogP contribution < -0.4 is 0 Å². The van der Waals surface area contributed by atoms with E-state index in [2.05, 4.69) is 38.1 Å². The highest BCUT2D eigenvalue weighted by atomic mass is 16.4. The van der Waals surface area contributed by atoms with Crippen molar-refractivity contribution >= 4 is 5.97 Å². The van der Waals surface area contributed by atoms with Gasteiger partial charge in [0, 0.05) is 11.3 Å². The average molecular weight is 295 g/mol. The second kappa shape index (κ2) is 5.91. The Morgan fingerprint density at radius 1 is 1.18 bits per heavy atom. The molecular weight excluding hydrogens is 274 g/mol. The van der Waals surface area contributed by atoms with Crippen molar-refractivity contribution in [3.05, 3.63) is 53.2 Å². The van der Waals surface area contributed by atoms with E-state index in [-0.39, 0.29) is 0 Å². The lowest BCUT2D eigenvalue weighted by Crippen LogP contribution is -2.19. The third-order valence-electron chi connectivity index (χ3n) is 4.46. The molecule has 1 atom stereocenters. The van der Waals surface area contributed by atoms with Gasteiger partial charge in [-0.15, -0.1) is 0 Å². The fourth-order valence-corrected chi connectivity index (χ4v) is 3.11. The Labute approximate surface area is 131 Å². The highest BCUT2D eigenvalue weighted by Crippen LogP contribution is 2.32. The van der Waals surface area contributed by atoms with Crippen LogP contribution in [0.15, 0.2) is 36.4 Å². The molecule has 1 aliphatic carbocycles. The van der Waals surface area contributed by atoms with Gasteiger partial charge in [-0.1, -0.05) is 44.2 Å². The molecule has 3 heteroatoms. The van der Waals surface area contributed by atoms with Crippen molar-refractivity contribution in [2.45, 2.75) is 44.9 Å². The third kappa shape index (κ3) is 2.76. The first-order chi connectivity index (χ1) is 10.6. The van der Waals surface area contributed by atoms with Gasteiger partial charge in [0.25, 0.3) is 0 Å². The molecular formula is C19H21NO2. The molecule has 0 aliphatic heterocycles. The fourth-order valence-electron chi connectivity index (χ4n) is 3.11. The number of hydrogen-bond donors (Lipinski definition) is 1. The summed E-state index contributed by atoms with van der Waals surface area (Å²) in [5.74, 6) is -0.618. The van der Waals surface area contributed by atoms with Crippen LogP contribution in [0.3, 0.4) is 0 Å².